The topological polar surface area (TPSA) is 74.2 Å². The Balaban J connectivity index is 1.90. The van der Waals surface area contributed by atoms with Crippen LogP contribution in [0.1, 0.15) is 49.2 Å². The van der Waals surface area contributed by atoms with E-state index in [1.54, 1.807) is 25.5 Å². The zero-order valence-electron chi connectivity index (χ0n) is 17.5. The molecule has 0 saturated heterocycles. The minimum absolute atomic E-state index is 0.0312. The van der Waals surface area contributed by atoms with Gasteiger partial charge in [-0.3, -0.25) is 4.79 Å². The van der Waals surface area contributed by atoms with E-state index in [-0.39, 0.29) is 11.3 Å². The number of anilines is 1. The van der Waals surface area contributed by atoms with Crippen molar-refractivity contribution in [2.24, 2.45) is 5.10 Å². The Morgan fingerprint density at radius 1 is 1.31 bits per heavy atom. The molecule has 1 heterocycles. The molecule has 0 atom stereocenters. The Bertz CT molecular complexity index is 993. The highest BCUT2D eigenvalue weighted by Crippen LogP contribution is 2.41. The van der Waals surface area contributed by atoms with Crippen LogP contribution in [0.2, 0.25) is 0 Å². The summed E-state index contributed by atoms with van der Waals surface area (Å²) >= 11 is 0. The summed E-state index contributed by atoms with van der Waals surface area (Å²) in [5.41, 5.74) is 6.94. The van der Waals surface area contributed by atoms with E-state index in [4.69, 9.17) is 4.74 Å². The van der Waals surface area contributed by atoms with E-state index in [9.17, 15) is 9.90 Å². The second-order valence-electron chi connectivity index (χ2n) is 7.59. The molecule has 1 aliphatic rings. The summed E-state index contributed by atoms with van der Waals surface area (Å²) in [5, 5.41) is 13.6. The van der Waals surface area contributed by atoms with Crippen LogP contribution in [0, 0.1) is 0 Å². The van der Waals surface area contributed by atoms with Crippen LogP contribution in [0.5, 0.6) is 11.5 Å². The molecule has 2 aromatic rings. The summed E-state index contributed by atoms with van der Waals surface area (Å²) < 4.78 is 5.58. The highest BCUT2D eigenvalue weighted by Gasteiger charge is 2.31. The molecule has 2 N–H and O–H groups in total. The first-order valence-electron chi connectivity index (χ1n) is 9.58. The molecule has 0 unspecified atom stereocenters. The van der Waals surface area contributed by atoms with E-state index in [1.807, 2.05) is 12.1 Å². The van der Waals surface area contributed by atoms with Gasteiger partial charge in [0.05, 0.1) is 18.9 Å². The average Bonchev–Trinajstić information content (AvgIpc) is 2.67. The number of nitrogens with zero attached hydrogens (tertiary/aromatic N) is 2. The third-order valence-corrected chi connectivity index (χ3v) is 5.12. The number of ether oxygens (including phenoxy) is 1. The van der Waals surface area contributed by atoms with Gasteiger partial charge in [0.25, 0.3) is 5.91 Å². The second kappa shape index (κ2) is 7.99. The molecule has 2 aromatic carbocycles. The van der Waals surface area contributed by atoms with Crippen molar-refractivity contribution in [1.29, 1.82) is 0 Å². The van der Waals surface area contributed by atoms with Gasteiger partial charge >= 0.3 is 0 Å². The van der Waals surface area contributed by atoms with E-state index in [0.717, 1.165) is 23.4 Å². The third-order valence-electron chi connectivity index (χ3n) is 5.12. The van der Waals surface area contributed by atoms with Crippen molar-refractivity contribution in [2.45, 2.75) is 33.2 Å². The quantitative estimate of drug-likeness (QED) is 0.590. The Labute approximate surface area is 171 Å². The second-order valence-corrected chi connectivity index (χ2v) is 7.59. The number of phenols is 1. The van der Waals surface area contributed by atoms with Gasteiger partial charge in [0, 0.05) is 35.0 Å². The van der Waals surface area contributed by atoms with E-state index in [1.165, 1.54) is 17.7 Å². The summed E-state index contributed by atoms with van der Waals surface area (Å²) in [4.78, 5) is 14.5. The maximum Gasteiger partial charge on any atom is 0.271 e. The van der Waals surface area contributed by atoms with E-state index in [2.05, 4.69) is 49.2 Å². The number of carbonyl (C=O) groups is 1. The largest absolute Gasteiger partial charge is 0.508 e. The number of phenolic OH excluding ortho intramolecular Hbond substituents is 1. The first kappa shape index (κ1) is 20.5. The number of allylic oxidation sites excluding steroid dienone is 1. The van der Waals surface area contributed by atoms with Crippen LogP contribution in [-0.4, -0.2) is 36.4 Å². The predicted octanol–water partition coefficient (Wildman–Crippen LogP) is 4.19. The summed E-state index contributed by atoms with van der Waals surface area (Å²) in [5.74, 6) is 0.316. The minimum atomic E-state index is -0.399. The van der Waals surface area contributed by atoms with Crippen LogP contribution >= 0.6 is 0 Å². The molecule has 6 heteroatoms. The molecule has 0 fully saturated rings. The van der Waals surface area contributed by atoms with Crippen LogP contribution in [-0.2, 0) is 0 Å². The molecule has 0 saturated carbocycles. The molecule has 0 bridgehead atoms. The molecule has 6 nitrogen and oxygen atoms in total. The number of amides is 1. The molecule has 0 spiro atoms. The minimum Gasteiger partial charge on any atom is -0.508 e. The van der Waals surface area contributed by atoms with Crippen LogP contribution in [0.3, 0.4) is 0 Å². The third kappa shape index (κ3) is 4.11. The molecule has 1 amide bonds. The van der Waals surface area contributed by atoms with Crippen molar-refractivity contribution in [3.8, 4) is 11.5 Å². The molecule has 0 radical (unpaired) electrons. The van der Waals surface area contributed by atoms with Gasteiger partial charge in [0.1, 0.15) is 11.5 Å². The Morgan fingerprint density at radius 3 is 2.72 bits per heavy atom. The van der Waals surface area contributed by atoms with Gasteiger partial charge < -0.3 is 14.7 Å². The lowest BCUT2D eigenvalue weighted by molar-refractivity contribution is 0.0954. The molecular formula is C23H27N3O3. The standard InChI is InChI=1S/C23H27N3O3/c1-6-26-20-12-21(29-5)17(11-19(20)15(2)13-23(26,3)4)14-24-25-22(28)16-8-7-9-18(27)10-16/h7-14,27H,6H2,1-5H3,(H,25,28)/b24-14+. The lowest BCUT2D eigenvalue weighted by Gasteiger charge is -2.43. The Kier molecular flexibility index (Phi) is 5.64. The zero-order valence-corrected chi connectivity index (χ0v) is 17.5. The number of hydrogen-bond acceptors (Lipinski definition) is 5. The fraction of sp³-hybridized carbons (Fsp3) is 0.304. The number of nitrogens with one attached hydrogen (secondary N) is 1. The summed E-state index contributed by atoms with van der Waals surface area (Å²) in [6.45, 7) is 9.51. The lowest BCUT2D eigenvalue weighted by Crippen LogP contribution is -2.44. The van der Waals surface area contributed by atoms with E-state index in [0.29, 0.717) is 11.3 Å². The Morgan fingerprint density at radius 2 is 2.07 bits per heavy atom. The molecular weight excluding hydrogens is 366 g/mol. The molecule has 3 rings (SSSR count). The van der Waals surface area contributed by atoms with Gasteiger partial charge in [0.15, 0.2) is 0 Å². The highest BCUT2D eigenvalue weighted by molar-refractivity contribution is 5.96. The van der Waals surface area contributed by atoms with Crippen LogP contribution in [0.15, 0.2) is 47.6 Å². The summed E-state index contributed by atoms with van der Waals surface area (Å²) in [6, 6.07) is 10.2. The van der Waals surface area contributed by atoms with Crippen molar-refractivity contribution in [3.63, 3.8) is 0 Å². The number of aromatic hydroxyl groups is 1. The first-order valence-corrected chi connectivity index (χ1v) is 9.58. The number of carbonyl (C=O) groups excluding carboxylic acids is 1. The smallest absolute Gasteiger partial charge is 0.271 e. The van der Waals surface area contributed by atoms with E-state index >= 15 is 0 Å². The zero-order chi connectivity index (χ0) is 21.2. The van der Waals surface area contributed by atoms with Gasteiger partial charge in [0.2, 0.25) is 0 Å². The van der Waals surface area contributed by atoms with Crippen molar-refractivity contribution >= 4 is 23.4 Å². The molecule has 0 aliphatic carbocycles. The number of likely N-dealkylation sites (N-methyl/N-ethyl adjacent to an activating group) is 1. The molecule has 152 valence electrons. The maximum absolute atomic E-state index is 12.2. The summed E-state index contributed by atoms with van der Waals surface area (Å²) in [6.07, 6.45) is 3.83. The molecule has 29 heavy (non-hydrogen) atoms. The summed E-state index contributed by atoms with van der Waals surface area (Å²) in [7, 11) is 1.62. The van der Waals surface area contributed by atoms with Gasteiger partial charge in [-0.2, -0.15) is 5.10 Å². The number of rotatable bonds is 5. The fourth-order valence-electron chi connectivity index (χ4n) is 3.85. The van der Waals surface area contributed by atoms with Crippen molar-refractivity contribution in [3.05, 3.63) is 59.2 Å². The van der Waals surface area contributed by atoms with Crippen LogP contribution in [0.4, 0.5) is 5.69 Å². The number of fused-ring (bicyclic) bond motifs is 1. The van der Waals surface area contributed by atoms with Crippen molar-refractivity contribution in [1.82, 2.24) is 5.43 Å². The van der Waals surface area contributed by atoms with Crippen molar-refractivity contribution in [2.75, 3.05) is 18.6 Å². The number of methoxy groups -OCH3 is 1. The first-order chi connectivity index (χ1) is 13.8. The van der Waals surface area contributed by atoms with Gasteiger partial charge in [-0.05, 0) is 57.5 Å². The Hall–Kier alpha value is -3.28. The normalized spacial score (nSPS) is 15.1. The number of hydrazone groups is 1. The maximum atomic E-state index is 12.2. The fourth-order valence-corrected chi connectivity index (χ4v) is 3.85. The average molecular weight is 393 g/mol. The lowest BCUT2D eigenvalue weighted by atomic mass is 9.88. The van der Waals surface area contributed by atoms with Crippen LogP contribution < -0.4 is 15.1 Å². The van der Waals surface area contributed by atoms with Gasteiger partial charge in [-0.1, -0.05) is 12.1 Å². The van der Waals surface area contributed by atoms with Crippen LogP contribution in [0.25, 0.3) is 5.57 Å². The number of hydrogen-bond donors (Lipinski definition) is 2. The number of benzene rings is 2. The molecule has 0 aromatic heterocycles. The SMILES string of the molecule is CCN1c2cc(OC)c(/C=N/NC(=O)c3cccc(O)c3)cc2C(C)=CC1(C)C. The molecule has 1 aliphatic heterocycles. The van der Waals surface area contributed by atoms with E-state index < -0.39 is 5.91 Å². The van der Waals surface area contributed by atoms with Gasteiger partial charge in [-0.15, -0.1) is 0 Å². The van der Waals surface area contributed by atoms with Crippen molar-refractivity contribution < 1.29 is 14.6 Å². The predicted molar refractivity (Wildman–Crippen MR) is 117 cm³/mol. The highest BCUT2D eigenvalue weighted by atomic mass is 16.5. The monoisotopic (exact) mass is 393 g/mol. The van der Waals surface area contributed by atoms with Gasteiger partial charge in [-0.25, -0.2) is 5.43 Å².